The topological polar surface area (TPSA) is 56.6 Å². The molecule has 0 aliphatic rings. The summed E-state index contributed by atoms with van der Waals surface area (Å²) in [5, 5.41) is 8.57. The average molecular weight is 246 g/mol. The number of pyridine rings is 1. The van der Waals surface area contributed by atoms with Crippen LogP contribution >= 0.6 is 0 Å². The van der Waals surface area contributed by atoms with Crippen molar-refractivity contribution in [2.45, 2.75) is 6.42 Å². The number of nitriles is 1. The van der Waals surface area contributed by atoms with Crippen LogP contribution in [0.15, 0.2) is 35.3 Å². The standard InChI is InChI=1S/C13H8F2N2O/c14-11-3-1-2-10(12(11)15)9-6-8(4-5-16)13(18)17-7-9/h1-3,6-7H,4H2,(H,17,18). The number of nitrogens with zero attached hydrogens (tertiary/aromatic N) is 1. The van der Waals surface area contributed by atoms with Crippen molar-refractivity contribution in [2.75, 3.05) is 0 Å². The van der Waals surface area contributed by atoms with Crippen molar-refractivity contribution in [3.63, 3.8) is 0 Å². The summed E-state index contributed by atoms with van der Waals surface area (Å²) in [5.74, 6) is -1.94. The number of nitrogens with one attached hydrogen (secondary N) is 1. The van der Waals surface area contributed by atoms with Crippen LogP contribution in [0.25, 0.3) is 11.1 Å². The average Bonchev–Trinajstić information content (AvgIpc) is 2.36. The van der Waals surface area contributed by atoms with Gasteiger partial charge in [-0.1, -0.05) is 12.1 Å². The van der Waals surface area contributed by atoms with Crippen LogP contribution in [0.3, 0.4) is 0 Å². The highest BCUT2D eigenvalue weighted by Crippen LogP contribution is 2.23. The van der Waals surface area contributed by atoms with Crippen molar-refractivity contribution in [1.29, 1.82) is 5.26 Å². The zero-order valence-corrected chi connectivity index (χ0v) is 9.21. The van der Waals surface area contributed by atoms with Crippen molar-refractivity contribution in [3.8, 4) is 17.2 Å². The summed E-state index contributed by atoms with van der Waals surface area (Å²) in [7, 11) is 0. The molecule has 2 aromatic rings. The monoisotopic (exact) mass is 246 g/mol. The van der Waals surface area contributed by atoms with E-state index in [4.69, 9.17) is 5.26 Å². The van der Waals surface area contributed by atoms with E-state index in [1.165, 1.54) is 24.4 Å². The van der Waals surface area contributed by atoms with E-state index in [9.17, 15) is 13.6 Å². The maximum Gasteiger partial charge on any atom is 0.252 e. The molecule has 2 rings (SSSR count). The summed E-state index contributed by atoms with van der Waals surface area (Å²) >= 11 is 0. The molecule has 0 unspecified atom stereocenters. The molecule has 0 atom stereocenters. The fraction of sp³-hybridized carbons (Fsp3) is 0.0769. The van der Waals surface area contributed by atoms with Crippen molar-refractivity contribution in [1.82, 2.24) is 4.98 Å². The molecule has 0 amide bonds. The Balaban J connectivity index is 2.59. The first-order valence-electron chi connectivity index (χ1n) is 5.16. The third-order valence-electron chi connectivity index (χ3n) is 2.51. The molecule has 1 N–H and O–H groups in total. The van der Waals surface area contributed by atoms with E-state index < -0.39 is 17.2 Å². The molecule has 3 nitrogen and oxygen atoms in total. The van der Waals surface area contributed by atoms with E-state index in [2.05, 4.69) is 4.98 Å². The van der Waals surface area contributed by atoms with Crippen molar-refractivity contribution >= 4 is 0 Å². The first-order chi connectivity index (χ1) is 8.63. The summed E-state index contributed by atoms with van der Waals surface area (Å²) in [4.78, 5) is 13.8. The van der Waals surface area contributed by atoms with Gasteiger partial charge in [-0.2, -0.15) is 5.26 Å². The van der Waals surface area contributed by atoms with Gasteiger partial charge in [0.25, 0.3) is 5.56 Å². The van der Waals surface area contributed by atoms with Gasteiger partial charge in [0.2, 0.25) is 0 Å². The summed E-state index contributed by atoms with van der Waals surface area (Å²) in [5.41, 5.74) is 0.193. The number of halogens is 2. The number of H-pyrrole nitrogens is 1. The Morgan fingerprint density at radius 3 is 2.83 bits per heavy atom. The summed E-state index contributed by atoms with van der Waals surface area (Å²) in [6.07, 6.45) is 1.21. The fourth-order valence-electron chi connectivity index (χ4n) is 1.63. The van der Waals surface area contributed by atoms with Crippen LogP contribution in [0.5, 0.6) is 0 Å². The van der Waals surface area contributed by atoms with Gasteiger partial charge in [0.1, 0.15) is 0 Å². The Bertz CT molecular complexity index is 686. The van der Waals surface area contributed by atoms with E-state index >= 15 is 0 Å². The van der Waals surface area contributed by atoms with E-state index in [0.717, 1.165) is 6.07 Å². The predicted octanol–water partition coefficient (Wildman–Crippen LogP) is 2.39. The summed E-state index contributed by atoms with van der Waals surface area (Å²) < 4.78 is 26.7. The van der Waals surface area contributed by atoms with Crippen LogP contribution in [-0.4, -0.2) is 4.98 Å². The predicted molar refractivity (Wildman–Crippen MR) is 61.7 cm³/mol. The maximum atomic E-state index is 13.6. The van der Waals surface area contributed by atoms with Gasteiger partial charge in [-0.3, -0.25) is 4.79 Å². The van der Waals surface area contributed by atoms with Gasteiger partial charge in [0.15, 0.2) is 11.6 Å². The molecule has 1 aromatic carbocycles. The van der Waals surface area contributed by atoms with Crippen LogP contribution in [0.2, 0.25) is 0 Å². The third-order valence-corrected chi connectivity index (χ3v) is 2.51. The normalized spacial score (nSPS) is 10.1. The van der Waals surface area contributed by atoms with Crippen molar-refractivity contribution < 1.29 is 8.78 Å². The van der Waals surface area contributed by atoms with Crippen molar-refractivity contribution in [2.24, 2.45) is 0 Å². The molecular weight excluding hydrogens is 238 g/mol. The van der Waals surface area contributed by atoms with Crippen LogP contribution in [0.4, 0.5) is 8.78 Å². The van der Waals surface area contributed by atoms with Crippen LogP contribution in [-0.2, 0) is 6.42 Å². The molecule has 0 spiro atoms. The first-order valence-corrected chi connectivity index (χ1v) is 5.16. The van der Waals surface area contributed by atoms with Crippen LogP contribution in [0.1, 0.15) is 5.56 Å². The lowest BCUT2D eigenvalue weighted by atomic mass is 10.0. The van der Waals surface area contributed by atoms with Crippen molar-refractivity contribution in [3.05, 3.63) is 58.0 Å². The van der Waals surface area contributed by atoms with E-state index in [1.54, 1.807) is 0 Å². The second kappa shape index (κ2) is 4.80. The summed E-state index contributed by atoms with van der Waals surface area (Å²) in [6.45, 7) is 0. The molecule has 1 aromatic heterocycles. The number of benzene rings is 1. The SMILES string of the molecule is N#CCc1cc(-c2cccc(F)c2F)c[nH]c1=O. The maximum absolute atomic E-state index is 13.6. The van der Waals surface area contributed by atoms with E-state index in [0.29, 0.717) is 5.56 Å². The van der Waals surface area contributed by atoms with Gasteiger partial charge in [-0.15, -0.1) is 0 Å². The molecule has 0 radical (unpaired) electrons. The zero-order valence-electron chi connectivity index (χ0n) is 9.21. The minimum atomic E-state index is -0.979. The quantitative estimate of drug-likeness (QED) is 0.884. The number of hydrogen-bond donors (Lipinski definition) is 1. The Kier molecular flexibility index (Phi) is 3.20. The highest BCUT2D eigenvalue weighted by molar-refractivity contribution is 5.63. The first kappa shape index (κ1) is 12.0. The largest absolute Gasteiger partial charge is 0.328 e. The second-order valence-corrected chi connectivity index (χ2v) is 3.68. The number of hydrogen-bond acceptors (Lipinski definition) is 2. The minimum absolute atomic E-state index is 0.0467. The zero-order chi connectivity index (χ0) is 13.1. The van der Waals surface area contributed by atoms with Crippen LogP contribution in [0, 0.1) is 23.0 Å². The Labute approximate surface area is 101 Å². The molecule has 0 saturated heterocycles. The smallest absolute Gasteiger partial charge is 0.252 e. The molecule has 90 valence electrons. The molecule has 0 fully saturated rings. The molecule has 1 heterocycles. The minimum Gasteiger partial charge on any atom is -0.328 e. The molecule has 0 aliphatic heterocycles. The van der Waals surface area contributed by atoms with E-state index in [-0.39, 0.29) is 17.5 Å². The number of aromatic amines is 1. The van der Waals surface area contributed by atoms with Gasteiger partial charge in [-0.05, 0) is 12.1 Å². The molecule has 5 heteroatoms. The van der Waals surface area contributed by atoms with Gasteiger partial charge in [0.05, 0.1) is 12.5 Å². The number of aromatic nitrogens is 1. The van der Waals surface area contributed by atoms with Gasteiger partial charge < -0.3 is 4.98 Å². The molecule has 0 aliphatic carbocycles. The van der Waals surface area contributed by atoms with Gasteiger partial charge in [0, 0.05) is 22.9 Å². The lowest BCUT2D eigenvalue weighted by Gasteiger charge is -2.05. The Hall–Kier alpha value is -2.48. The Morgan fingerprint density at radius 2 is 2.11 bits per heavy atom. The highest BCUT2D eigenvalue weighted by Gasteiger charge is 2.11. The van der Waals surface area contributed by atoms with Crippen LogP contribution < -0.4 is 5.56 Å². The second-order valence-electron chi connectivity index (χ2n) is 3.68. The third kappa shape index (κ3) is 2.13. The van der Waals surface area contributed by atoms with E-state index in [1.807, 2.05) is 6.07 Å². The lowest BCUT2D eigenvalue weighted by Crippen LogP contribution is -2.11. The van der Waals surface area contributed by atoms with Gasteiger partial charge in [-0.25, -0.2) is 8.78 Å². The number of rotatable bonds is 2. The molecule has 18 heavy (non-hydrogen) atoms. The summed E-state index contributed by atoms with van der Waals surface area (Å²) in [6, 6.07) is 7.03. The van der Waals surface area contributed by atoms with Gasteiger partial charge >= 0.3 is 0 Å². The fourth-order valence-corrected chi connectivity index (χ4v) is 1.63. The molecule has 0 saturated carbocycles. The molecular formula is C13H8F2N2O. The highest BCUT2D eigenvalue weighted by atomic mass is 19.2. The molecule has 0 bridgehead atoms. The Morgan fingerprint density at radius 1 is 1.33 bits per heavy atom. The lowest BCUT2D eigenvalue weighted by molar-refractivity contribution is 0.511.